The van der Waals surface area contributed by atoms with Crippen molar-refractivity contribution < 1.29 is 13.2 Å². The van der Waals surface area contributed by atoms with Crippen molar-refractivity contribution in [1.29, 1.82) is 0 Å². The molecule has 1 amide bonds. The molecule has 4 rings (SSSR count). The summed E-state index contributed by atoms with van der Waals surface area (Å²) < 4.78 is 26.5. The van der Waals surface area contributed by atoms with Crippen molar-refractivity contribution in [2.45, 2.75) is 24.8 Å². The molecule has 0 fully saturated rings. The van der Waals surface area contributed by atoms with Gasteiger partial charge in [0.1, 0.15) is 0 Å². The number of para-hydroxylation sites is 1. The van der Waals surface area contributed by atoms with Crippen molar-refractivity contribution >= 4 is 26.8 Å². The van der Waals surface area contributed by atoms with Gasteiger partial charge in [0.25, 0.3) is 5.91 Å². The standard InChI is InChI=1S/C20H21N3O3S/c1-2-21-27(25,26)15-9-7-14(8-10-15)20(24)23-12-11-19-17(13-23)16-5-3-4-6-18(16)22-19/h3-10,21-22H,2,11-13H2,1H3. The zero-order valence-corrected chi connectivity index (χ0v) is 15.8. The summed E-state index contributed by atoms with van der Waals surface area (Å²) in [5.41, 5.74) is 3.94. The average molecular weight is 383 g/mol. The number of aromatic nitrogens is 1. The average Bonchev–Trinajstić information content (AvgIpc) is 3.05. The Morgan fingerprint density at radius 3 is 2.63 bits per heavy atom. The van der Waals surface area contributed by atoms with E-state index in [2.05, 4.69) is 15.8 Å². The SMILES string of the molecule is CCNS(=O)(=O)c1ccc(C(=O)N2CCc3[nH]c4ccccc4c3C2)cc1. The van der Waals surface area contributed by atoms with Crippen LogP contribution in [0.2, 0.25) is 0 Å². The number of rotatable bonds is 4. The highest BCUT2D eigenvalue weighted by Gasteiger charge is 2.25. The van der Waals surface area contributed by atoms with E-state index >= 15 is 0 Å². The molecule has 1 aromatic heterocycles. The van der Waals surface area contributed by atoms with Crippen LogP contribution >= 0.6 is 0 Å². The van der Waals surface area contributed by atoms with Gasteiger partial charge in [-0.1, -0.05) is 25.1 Å². The van der Waals surface area contributed by atoms with E-state index in [0.29, 0.717) is 25.2 Å². The predicted octanol–water partition coefficient (Wildman–Crippen LogP) is 2.66. The molecule has 2 heterocycles. The predicted molar refractivity (Wildman–Crippen MR) is 104 cm³/mol. The Morgan fingerprint density at radius 1 is 1.15 bits per heavy atom. The quantitative estimate of drug-likeness (QED) is 0.727. The molecule has 1 aliphatic rings. The Kier molecular flexibility index (Phi) is 4.49. The van der Waals surface area contributed by atoms with Gasteiger partial charge in [0.2, 0.25) is 10.0 Å². The monoisotopic (exact) mass is 383 g/mol. The summed E-state index contributed by atoms with van der Waals surface area (Å²) in [6.45, 7) is 3.24. The molecule has 2 aromatic carbocycles. The number of amides is 1. The van der Waals surface area contributed by atoms with Gasteiger partial charge in [0, 0.05) is 53.8 Å². The second-order valence-corrected chi connectivity index (χ2v) is 8.40. The number of H-pyrrole nitrogens is 1. The maximum Gasteiger partial charge on any atom is 0.254 e. The zero-order valence-electron chi connectivity index (χ0n) is 15.0. The molecular weight excluding hydrogens is 362 g/mol. The summed E-state index contributed by atoms with van der Waals surface area (Å²) in [6.07, 6.45) is 0.780. The lowest BCUT2D eigenvalue weighted by atomic mass is 10.0. The van der Waals surface area contributed by atoms with Gasteiger partial charge in [0.15, 0.2) is 0 Å². The molecule has 0 radical (unpaired) electrons. The number of nitrogens with zero attached hydrogens (tertiary/aromatic N) is 1. The molecule has 27 heavy (non-hydrogen) atoms. The molecule has 140 valence electrons. The van der Waals surface area contributed by atoms with Crippen molar-refractivity contribution in [1.82, 2.24) is 14.6 Å². The summed E-state index contributed by atoms with van der Waals surface area (Å²) in [4.78, 5) is 18.3. The van der Waals surface area contributed by atoms with E-state index in [-0.39, 0.29) is 10.8 Å². The number of hydrogen-bond donors (Lipinski definition) is 2. The van der Waals surface area contributed by atoms with E-state index < -0.39 is 10.0 Å². The molecule has 0 saturated carbocycles. The third-order valence-electron chi connectivity index (χ3n) is 4.92. The van der Waals surface area contributed by atoms with Gasteiger partial charge in [0.05, 0.1) is 4.90 Å². The zero-order chi connectivity index (χ0) is 19.0. The number of sulfonamides is 1. The van der Waals surface area contributed by atoms with Gasteiger partial charge in [-0.25, -0.2) is 13.1 Å². The molecule has 1 aliphatic heterocycles. The first-order valence-corrected chi connectivity index (χ1v) is 10.5. The van der Waals surface area contributed by atoms with Crippen LogP contribution in [0.15, 0.2) is 53.4 Å². The Hall–Kier alpha value is -2.64. The van der Waals surface area contributed by atoms with E-state index in [9.17, 15) is 13.2 Å². The maximum absolute atomic E-state index is 12.9. The summed E-state index contributed by atoms with van der Waals surface area (Å²) >= 11 is 0. The van der Waals surface area contributed by atoms with Crippen molar-refractivity contribution in [3.63, 3.8) is 0 Å². The van der Waals surface area contributed by atoms with Crippen LogP contribution in [-0.4, -0.2) is 37.3 Å². The lowest BCUT2D eigenvalue weighted by Gasteiger charge is -2.27. The van der Waals surface area contributed by atoms with Crippen LogP contribution in [0, 0.1) is 0 Å². The third kappa shape index (κ3) is 3.24. The van der Waals surface area contributed by atoms with Crippen LogP contribution in [0.5, 0.6) is 0 Å². The fourth-order valence-electron chi connectivity index (χ4n) is 3.57. The summed E-state index contributed by atoms with van der Waals surface area (Å²) in [5.74, 6) is -0.0849. The molecule has 6 nitrogen and oxygen atoms in total. The largest absolute Gasteiger partial charge is 0.358 e. The number of nitrogens with one attached hydrogen (secondary N) is 2. The first-order valence-electron chi connectivity index (χ1n) is 8.97. The smallest absolute Gasteiger partial charge is 0.254 e. The van der Waals surface area contributed by atoms with Crippen LogP contribution < -0.4 is 4.72 Å². The minimum atomic E-state index is -3.51. The van der Waals surface area contributed by atoms with Crippen LogP contribution in [0.3, 0.4) is 0 Å². The van der Waals surface area contributed by atoms with Gasteiger partial charge < -0.3 is 9.88 Å². The van der Waals surface area contributed by atoms with Crippen molar-refractivity contribution in [3.05, 3.63) is 65.4 Å². The summed E-state index contributed by atoms with van der Waals surface area (Å²) in [6, 6.07) is 14.2. The highest BCUT2D eigenvalue weighted by Crippen LogP contribution is 2.28. The van der Waals surface area contributed by atoms with Gasteiger partial charge >= 0.3 is 0 Å². The number of aromatic amines is 1. The number of carbonyl (C=O) groups is 1. The number of fused-ring (bicyclic) bond motifs is 3. The van der Waals surface area contributed by atoms with E-state index in [1.165, 1.54) is 17.8 Å². The van der Waals surface area contributed by atoms with Gasteiger partial charge in [-0.3, -0.25) is 4.79 Å². The Labute approximate surface area is 158 Å². The topological polar surface area (TPSA) is 82.3 Å². The van der Waals surface area contributed by atoms with Crippen LogP contribution in [0.1, 0.15) is 28.5 Å². The second kappa shape index (κ2) is 6.83. The highest BCUT2D eigenvalue weighted by molar-refractivity contribution is 7.89. The van der Waals surface area contributed by atoms with Crippen LogP contribution in [0.25, 0.3) is 10.9 Å². The van der Waals surface area contributed by atoms with Crippen LogP contribution in [-0.2, 0) is 23.0 Å². The van der Waals surface area contributed by atoms with Crippen LogP contribution in [0.4, 0.5) is 0 Å². The minimum Gasteiger partial charge on any atom is -0.358 e. The number of carbonyl (C=O) groups excluding carboxylic acids is 1. The Bertz CT molecular complexity index is 1100. The molecule has 0 atom stereocenters. The minimum absolute atomic E-state index is 0.0849. The highest BCUT2D eigenvalue weighted by atomic mass is 32.2. The molecule has 0 saturated heterocycles. The lowest BCUT2D eigenvalue weighted by molar-refractivity contribution is 0.0735. The Balaban J connectivity index is 1.57. The molecule has 3 aromatic rings. The Morgan fingerprint density at radius 2 is 1.89 bits per heavy atom. The lowest BCUT2D eigenvalue weighted by Crippen LogP contribution is -2.35. The molecule has 7 heteroatoms. The van der Waals surface area contributed by atoms with Gasteiger partial charge in [-0.15, -0.1) is 0 Å². The van der Waals surface area contributed by atoms with Gasteiger partial charge in [-0.2, -0.15) is 0 Å². The maximum atomic E-state index is 12.9. The van der Waals surface area contributed by atoms with E-state index in [1.54, 1.807) is 19.1 Å². The fraction of sp³-hybridized carbons (Fsp3) is 0.250. The molecule has 0 spiro atoms. The van der Waals surface area contributed by atoms with Crippen molar-refractivity contribution in [3.8, 4) is 0 Å². The van der Waals surface area contributed by atoms with E-state index in [0.717, 1.165) is 22.9 Å². The molecular formula is C20H21N3O3S. The normalized spacial score (nSPS) is 14.3. The summed E-state index contributed by atoms with van der Waals surface area (Å²) in [5, 5.41) is 1.15. The third-order valence-corrected chi connectivity index (χ3v) is 6.48. The number of benzene rings is 2. The van der Waals surface area contributed by atoms with E-state index in [4.69, 9.17) is 0 Å². The van der Waals surface area contributed by atoms with E-state index in [1.807, 2.05) is 23.1 Å². The fourth-order valence-corrected chi connectivity index (χ4v) is 4.61. The second-order valence-electron chi connectivity index (χ2n) is 6.63. The van der Waals surface area contributed by atoms with Gasteiger partial charge in [-0.05, 0) is 30.3 Å². The van der Waals surface area contributed by atoms with Crippen molar-refractivity contribution in [2.24, 2.45) is 0 Å². The molecule has 2 N–H and O–H groups in total. The first kappa shape index (κ1) is 17.8. The number of hydrogen-bond acceptors (Lipinski definition) is 3. The summed E-state index contributed by atoms with van der Waals surface area (Å²) in [7, 11) is -3.51. The first-order chi connectivity index (χ1) is 13.0. The molecule has 0 unspecified atom stereocenters. The molecule has 0 aliphatic carbocycles. The van der Waals surface area contributed by atoms with Crippen molar-refractivity contribution in [2.75, 3.05) is 13.1 Å². The molecule has 0 bridgehead atoms.